The monoisotopic (exact) mass is 312 g/mol. The highest BCUT2D eigenvalue weighted by molar-refractivity contribution is 9.10. The van der Waals surface area contributed by atoms with Crippen LogP contribution >= 0.6 is 27.5 Å². The summed E-state index contributed by atoms with van der Waals surface area (Å²) in [6, 6.07) is 9.67. The highest BCUT2D eigenvalue weighted by Crippen LogP contribution is 2.24. The Morgan fingerprint density at radius 3 is 2.94 bits per heavy atom. The summed E-state index contributed by atoms with van der Waals surface area (Å²) in [5.41, 5.74) is 0. The number of benzene rings is 1. The molecule has 0 saturated carbocycles. The van der Waals surface area contributed by atoms with E-state index < -0.39 is 0 Å². The highest BCUT2D eigenvalue weighted by Gasteiger charge is 2.06. The first-order valence-electron chi connectivity index (χ1n) is 5.12. The van der Waals surface area contributed by atoms with E-state index in [0.717, 1.165) is 15.4 Å². The predicted octanol–water partition coefficient (Wildman–Crippen LogP) is 3.56. The summed E-state index contributed by atoms with van der Waals surface area (Å²) in [5, 5.41) is 4.75. The number of nitrogens with one attached hydrogen (secondary N) is 1. The topological polar surface area (TPSA) is 42.0 Å². The van der Waals surface area contributed by atoms with Crippen molar-refractivity contribution in [1.29, 1.82) is 0 Å². The summed E-state index contributed by atoms with van der Waals surface area (Å²) >= 11 is 8.89. The third kappa shape index (κ3) is 2.96. The maximum Gasteiger partial charge on any atom is 0.226 e. The summed E-state index contributed by atoms with van der Waals surface area (Å²) < 4.78 is 0.719. The van der Waals surface area contributed by atoms with Crippen molar-refractivity contribution in [2.75, 3.05) is 11.2 Å². The van der Waals surface area contributed by atoms with Crippen LogP contribution in [0.2, 0.25) is 0 Å². The first-order valence-corrected chi connectivity index (χ1v) is 6.44. The van der Waals surface area contributed by atoms with Crippen LogP contribution in [0.3, 0.4) is 0 Å². The molecular weight excluding hydrogens is 304 g/mol. The van der Waals surface area contributed by atoms with Crippen LogP contribution in [0.5, 0.6) is 0 Å². The van der Waals surface area contributed by atoms with Gasteiger partial charge in [-0.3, -0.25) is 4.79 Å². The molecule has 5 heteroatoms. The SMILES string of the molecule is O=C(CCCl)Nc1cc2ccccc2c(Br)n1. The molecule has 1 amide bonds. The second-order valence-corrected chi connectivity index (χ2v) is 4.64. The van der Waals surface area contributed by atoms with Crippen LogP contribution in [-0.2, 0) is 4.79 Å². The van der Waals surface area contributed by atoms with Crippen LogP contribution in [0, 0.1) is 0 Å². The molecular formula is C12H10BrClN2O. The van der Waals surface area contributed by atoms with Crippen LogP contribution in [-0.4, -0.2) is 16.8 Å². The fourth-order valence-electron chi connectivity index (χ4n) is 1.51. The van der Waals surface area contributed by atoms with E-state index in [1.165, 1.54) is 0 Å². The largest absolute Gasteiger partial charge is 0.311 e. The Hall–Kier alpha value is -1.13. The lowest BCUT2D eigenvalue weighted by molar-refractivity contribution is -0.115. The van der Waals surface area contributed by atoms with Crippen molar-refractivity contribution in [3.63, 3.8) is 0 Å². The van der Waals surface area contributed by atoms with Gasteiger partial charge in [0.2, 0.25) is 5.91 Å². The van der Waals surface area contributed by atoms with Gasteiger partial charge in [0, 0.05) is 17.7 Å². The average Bonchev–Trinajstić information content (AvgIpc) is 2.29. The lowest BCUT2D eigenvalue weighted by Crippen LogP contribution is -2.12. The van der Waals surface area contributed by atoms with Gasteiger partial charge in [-0.2, -0.15) is 0 Å². The maximum absolute atomic E-state index is 11.4. The van der Waals surface area contributed by atoms with Crippen LogP contribution in [0.25, 0.3) is 10.8 Å². The third-order valence-electron chi connectivity index (χ3n) is 2.28. The molecule has 1 aromatic heterocycles. The van der Waals surface area contributed by atoms with Crippen LogP contribution in [0.4, 0.5) is 5.82 Å². The first kappa shape index (κ1) is 12.3. The second kappa shape index (κ2) is 5.47. The van der Waals surface area contributed by atoms with Gasteiger partial charge in [0.15, 0.2) is 0 Å². The quantitative estimate of drug-likeness (QED) is 0.695. The number of rotatable bonds is 3. The number of amides is 1. The minimum absolute atomic E-state index is 0.130. The number of carbonyl (C=O) groups excluding carboxylic acids is 1. The Labute approximate surface area is 112 Å². The Bertz CT molecular complexity index is 559. The van der Waals surface area contributed by atoms with Crippen molar-refractivity contribution in [2.45, 2.75) is 6.42 Å². The Balaban J connectivity index is 2.33. The number of alkyl halides is 1. The van der Waals surface area contributed by atoms with Gasteiger partial charge in [-0.1, -0.05) is 24.3 Å². The van der Waals surface area contributed by atoms with Crippen LogP contribution < -0.4 is 5.32 Å². The molecule has 88 valence electrons. The molecule has 0 aliphatic rings. The number of fused-ring (bicyclic) bond motifs is 1. The molecule has 17 heavy (non-hydrogen) atoms. The fourth-order valence-corrected chi connectivity index (χ4v) is 2.24. The molecule has 1 heterocycles. The molecule has 0 unspecified atom stereocenters. The Morgan fingerprint density at radius 1 is 1.41 bits per heavy atom. The Kier molecular flexibility index (Phi) is 3.97. The van der Waals surface area contributed by atoms with Crippen molar-refractivity contribution in [1.82, 2.24) is 4.98 Å². The smallest absolute Gasteiger partial charge is 0.226 e. The van der Waals surface area contributed by atoms with Gasteiger partial charge in [0.05, 0.1) is 0 Å². The molecule has 1 N–H and O–H groups in total. The molecule has 0 atom stereocenters. The van der Waals surface area contributed by atoms with Crippen molar-refractivity contribution < 1.29 is 4.79 Å². The molecule has 0 spiro atoms. The normalized spacial score (nSPS) is 10.5. The molecule has 1 aromatic carbocycles. The molecule has 0 aliphatic carbocycles. The predicted molar refractivity (Wildman–Crippen MR) is 73.4 cm³/mol. The number of hydrogen-bond acceptors (Lipinski definition) is 2. The Morgan fingerprint density at radius 2 is 2.18 bits per heavy atom. The summed E-state index contributed by atoms with van der Waals surface area (Å²) in [5.74, 6) is 0.709. The maximum atomic E-state index is 11.4. The van der Waals surface area contributed by atoms with Crippen molar-refractivity contribution >= 4 is 50.0 Å². The molecule has 0 fully saturated rings. The molecule has 0 bridgehead atoms. The van der Waals surface area contributed by atoms with Crippen LogP contribution in [0.15, 0.2) is 34.9 Å². The number of nitrogens with zero attached hydrogens (tertiary/aromatic N) is 1. The van der Waals surface area contributed by atoms with E-state index in [4.69, 9.17) is 11.6 Å². The highest BCUT2D eigenvalue weighted by atomic mass is 79.9. The third-order valence-corrected chi connectivity index (χ3v) is 3.08. The van der Waals surface area contributed by atoms with E-state index in [1.807, 2.05) is 30.3 Å². The van der Waals surface area contributed by atoms with Crippen molar-refractivity contribution in [3.05, 3.63) is 34.9 Å². The molecule has 3 nitrogen and oxygen atoms in total. The number of halogens is 2. The van der Waals surface area contributed by atoms with Gasteiger partial charge in [0.1, 0.15) is 10.4 Å². The summed E-state index contributed by atoms with van der Waals surface area (Å²) in [4.78, 5) is 15.7. The van der Waals surface area contributed by atoms with E-state index in [0.29, 0.717) is 11.7 Å². The number of pyridine rings is 1. The summed E-state index contributed by atoms with van der Waals surface area (Å²) in [6.07, 6.45) is 0.285. The second-order valence-electron chi connectivity index (χ2n) is 3.51. The van der Waals surface area contributed by atoms with E-state index in [-0.39, 0.29) is 12.3 Å². The fraction of sp³-hybridized carbons (Fsp3) is 0.167. The summed E-state index contributed by atoms with van der Waals surface area (Å²) in [6.45, 7) is 0. The lowest BCUT2D eigenvalue weighted by Gasteiger charge is -2.06. The standard InChI is InChI=1S/C12H10BrClN2O/c13-12-9-4-2-1-3-8(9)7-10(16-12)15-11(17)5-6-14/h1-4,7H,5-6H2,(H,15,16,17). The molecule has 0 aliphatic heterocycles. The van der Waals surface area contributed by atoms with Crippen molar-refractivity contribution in [3.8, 4) is 0 Å². The summed E-state index contributed by atoms with van der Waals surface area (Å²) in [7, 11) is 0. The zero-order valence-corrected chi connectivity index (χ0v) is 11.3. The molecule has 0 saturated heterocycles. The van der Waals surface area contributed by atoms with E-state index in [1.54, 1.807) is 0 Å². The molecule has 2 rings (SSSR count). The molecule has 0 radical (unpaired) electrons. The van der Waals surface area contributed by atoms with Gasteiger partial charge < -0.3 is 5.32 Å². The zero-order chi connectivity index (χ0) is 12.3. The number of hydrogen-bond donors (Lipinski definition) is 1. The van der Waals surface area contributed by atoms with Crippen LogP contribution in [0.1, 0.15) is 6.42 Å². The van der Waals surface area contributed by atoms with Gasteiger partial charge in [0.25, 0.3) is 0 Å². The average molecular weight is 314 g/mol. The van der Waals surface area contributed by atoms with Gasteiger partial charge in [-0.15, -0.1) is 11.6 Å². The van der Waals surface area contributed by atoms with E-state index in [2.05, 4.69) is 26.2 Å². The number of carbonyl (C=O) groups is 1. The van der Waals surface area contributed by atoms with E-state index in [9.17, 15) is 4.79 Å². The van der Waals surface area contributed by atoms with Gasteiger partial charge in [-0.05, 0) is 27.4 Å². The number of aromatic nitrogens is 1. The minimum atomic E-state index is -0.130. The zero-order valence-electron chi connectivity index (χ0n) is 8.91. The first-order chi connectivity index (χ1) is 8.20. The van der Waals surface area contributed by atoms with E-state index >= 15 is 0 Å². The molecule has 2 aromatic rings. The lowest BCUT2D eigenvalue weighted by atomic mass is 10.2. The van der Waals surface area contributed by atoms with Crippen molar-refractivity contribution in [2.24, 2.45) is 0 Å². The minimum Gasteiger partial charge on any atom is -0.311 e. The number of anilines is 1. The van der Waals surface area contributed by atoms with Gasteiger partial charge >= 0.3 is 0 Å². The van der Waals surface area contributed by atoms with Gasteiger partial charge in [-0.25, -0.2) is 4.98 Å².